The minimum absolute atomic E-state index is 0.0469. The number of hydrogen-bond acceptors (Lipinski definition) is 6. The number of benzene rings is 3. The Balaban J connectivity index is 1.57. The molecule has 3 aromatic rings. The van der Waals surface area contributed by atoms with Crippen LogP contribution in [0.1, 0.15) is 21.5 Å². The SMILES string of the molecule is COc1ccc(/C=C2\Oc3cc(OS(=O)(=O)c4ccc(C)cc4)ccc3C2=O)cc1. The zero-order valence-electron chi connectivity index (χ0n) is 16.3. The Morgan fingerprint density at radius 2 is 1.57 bits per heavy atom. The first-order valence-electron chi connectivity index (χ1n) is 9.09. The van der Waals surface area contributed by atoms with Crippen LogP contribution in [0.5, 0.6) is 17.2 Å². The lowest BCUT2D eigenvalue weighted by Crippen LogP contribution is -2.09. The van der Waals surface area contributed by atoms with Crippen LogP contribution in [0.4, 0.5) is 0 Å². The molecule has 4 rings (SSSR count). The number of ketones is 1. The van der Waals surface area contributed by atoms with Gasteiger partial charge in [0.25, 0.3) is 0 Å². The highest BCUT2D eigenvalue weighted by molar-refractivity contribution is 7.87. The van der Waals surface area contributed by atoms with E-state index in [1.165, 1.54) is 30.3 Å². The number of ether oxygens (including phenoxy) is 2. The minimum Gasteiger partial charge on any atom is -0.497 e. The summed E-state index contributed by atoms with van der Waals surface area (Å²) in [5, 5.41) is 0. The third-order valence-electron chi connectivity index (χ3n) is 4.57. The van der Waals surface area contributed by atoms with Crippen LogP contribution >= 0.6 is 0 Å². The predicted octanol–water partition coefficient (Wildman–Crippen LogP) is 4.39. The highest BCUT2D eigenvalue weighted by Gasteiger charge is 2.28. The zero-order valence-corrected chi connectivity index (χ0v) is 17.1. The van der Waals surface area contributed by atoms with Crippen molar-refractivity contribution in [3.05, 3.63) is 89.2 Å². The van der Waals surface area contributed by atoms with Gasteiger partial charge in [-0.15, -0.1) is 0 Å². The fourth-order valence-electron chi connectivity index (χ4n) is 2.95. The second kappa shape index (κ2) is 7.68. The van der Waals surface area contributed by atoms with E-state index in [1.54, 1.807) is 49.6 Å². The van der Waals surface area contributed by atoms with Crippen LogP contribution in [0, 0.1) is 6.92 Å². The quantitative estimate of drug-likeness (QED) is 0.448. The molecule has 0 saturated heterocycles. The molecule has 0 radical (unpaired) electrons. The molecule has 30 heavy (non-hydrogen) atoms. The van der Waals surface area contributed by atoms with Crippen molar-refractivity contribution in [1.82, 2.24) is 0 Å². The van der Waals surface area contributed by atoms with E-state index in [0.717, 1.165) is 11.1 Å². The molecule has 0 saturated carbocycles. The maximum atomic E-state index is 12.6. The highest BCUT2D eigenvalue weighted by atomic mass is 32.2. The van der Waals surface area contributed by atoms with E-state index in [1.807, 2.05) is 6.92 Å². The first kappa shape index (κ1) is 19.7. The third-order valence-corrected chi connectivity index (χ3v) is 5.83. The Kier molecular flexibility index (Phi) is 5.05. The van der Waals surface area contributed by atoms with Crippen LogP contribution in [0.2, 0.25) is 0 Å². The molecule has 1 heterocycles. The summed E-state index contributed by atoms with van der Waals surface area (Å²) in [4.78, 5) is 12.6. The van der Waals surface area contributed by atoms with Gasteiger partial charge in [0.15, 0.2) is 5.76 Å². The average molecular weight is 422 g/mol. The largest absolute Gasteiger partial charge is 0.497 e. The zero-order chi connectivity index (χ0) is 21.3. The molecule has 0 atom stereocenters. The molecule has 152 valence electrons. The summed E-state index contributed by atoms with van der Waals surface area (Å²) in [6.07, 6.45) is 1.62. The van der Waals surface area contributed by atoms with Gasteiger partial charge in [-0.3, -0.25) is 4.79 Å². The molecular formula is C23H18O6S. The molecule has 0 spiro atoms. The summed E-state index contributed by atoms with van der Waals surface area (Å²) in [6.45, 7) is 1.86. The van der Waals surface area contributed by atoms with Crippen molar-refractivity contribution in [3.8, 4) is 17.2 Å². The number of rotatable bonds is 5. The van der Waals surface area contributed by atoms with Crippen molar-refractivity contribution in [2.75, 3.05) is 7.11 Å². The van der Waals surface area contributed by atoms with Crippen molar-refractivity contribution in [2.24, 2.45) is 0 Å². The number of methoxy groups -OCH3 is 1. The lowest BCUT2D eigenvalue weighted by molar-refractivity contribution is 0.101. The normalized spacial score (nSPS) is 14.3. The van der Waals surface area contributed by atoms with E-state index in [9.17, 15) is 13.2 Å². The summed E-state index contributed by atoms with van der Waals surface area (Å²) in [6, 6.07) is 17.8. The van der Waals surface area contributed by atoms with Gasteiger partial charge < -0.3 is 13.7 Å². The smallest absolute Gasteiger partial charge is 0.339 e. The first-order valence-corrected chi connectivity index (χ1v) is 10.5. The van der Waals surface area contributed by atoms with Crippen LogP contribution in [0.25, 0.3) is 6.08 Å². The number of allylic oxidation sites excluding steroid dienone is 1. The molecule has 3 aromatic carbocycles. The molecule has 6 nitrogen and oxygen atoms in total. The maximum absolute atomic E-state index is 12.6. The molecule has 0 fully saturated rings. The molecular weight excluding hydrogens is 404 g/mol. The van der Waals surface area contributed by atoms with Gasteiger partial charge in [0, 0.05) is 6.07 Å². The van der Waals surface area contributed by atoms with Crippen molar-refractivity contribution in [2.45, 2.75) is 11.8 Å². The monoisotopic (exact) mass is 422 g/mol. The Bertz CT molecular complexity index is 1240. The predicted molar refractivity (Wildman–Crippen MR) is 111 cm³/mol. The van der Waals surface area contributed by atoms with Gasteiger partial charge in [-0.25, -0.2) is 0 Å². The van der Waals surface area contributed by atoms with Crippen LogP contribution in [-0.2, 0) is 10.1 Å². The number of fused-ring (bicyclic) bond motifs is 1. The fourth-order valence-corrected chi connectivity index (χ4v) is 3.87. The van der Waals surface area contributed by atoms with Gasteiger partial charge in [-0.1, -0.05) is 29.8 Å². The van der Waals surface area contributed by atoms with E-state index in [4.69, 9.17) is 13.7 Å². The van der Waals surface area contributed by atoms with E-state index in [2.05, 4.69) is 0 Å². The van der Waals surface area contributed by atoms with Gasteiger partial charge in [0.1, 0.15) is 22.1 Å². The second-order valence-electron chi connectivity index (χ2n) is 6.72. The Hall–Kier alpha value is -3.58. The van der Waals surface area contributed by atoms with E-state index in [-0.39, 0.29) is 27.9 Å². The van der Waals surface area contributed by atoms with Gasteiger partial charge >= 0.3 is 10.1 Å². The molecule has 0 amide bonds. The molecule has 0 N–H and O–H groups in total. The van der Waals surface area contributed by atoms with E-state index < -0.39 is 10.1 Å². The lowest BCUT2D eigenvalue weighted by Gasteiger charge is -2.08. The molecule has 0 aliphatic carbocycles. The summed E-state index contributed by atoms with van der Waals surface area (Å²) < 4.78 is 41.0. The summed E-state index contributed by atoms with van der Waals surface area (Å²) in [5.41, 5.74) is 2.05. The van der Waals surface area contributed by atoms with Crippen molar-refractivity contribution < 1.29 is 26.9 Å². The van der Waals surface area contributed by atoms with E-state index in [0.29, 0.717) is 11.3 Å². The summed E-state index contributed by atoms with van der Waals surface area (Å²) >= 11 is 0. The Morgan fingerprint density at radius 3 is 2.23 bits per heavy atom. The van der Waals surface area contributed by atoms with Crippen LogP contribution in [0.15, 0.2) is 77.4 Å². The number of aryl methyl sites for hydroxylation is 1. The number of carbonyl (C=O) groups is 1. The molecule has 0 aromatic heterocycles. The molecule has 0 bridgehead atoms. The number of Topliss-reactive ketones (excluding diaryl/α,β-unsaturated/α-hetero) is 1. The Morgan fingerprint density at radius 1 is 0.900 bits per heavy atom. The lowest BCUT2D eigenvalue weighted by atomic mass is 10.1. The summed E-state index contributed by atoms with van der Waals surface area (Å²) in [5.74, 6) is 0.877. The number of carbonyl (C=O) groups excluding carboxylic acids is 1. The standard InChI is InChI=1S/C23H18O6S/c1-15-3-10-19(11-4-15)30(25,26)29-18-9-12-20-21(14-18)28-22(23(20)24)13-16-5-7-17(27-2)8-6-16/h3-14H,1-2H3/b22-13-. The molecule has 1 aliphatic heterocycles. The highest BCUT2D eigenvalue weighted by Crippen LogP contribution is 2.35. The third kappa shape index (κ3) is 3.92. The van der Waals surface area contributed by atoms with E-state index >= 15 is 0 Å². The summed E-state index contributed by atoms with van der Waals surface area (Å²) in [7, 11) is -2.42. The van der Waals surface area contributed by atoms with Crippen LogP contribution < -0.4 is 13.7 Å². The van der Waals surface area contributed by atoms with Gasteiger partial charge in [-0.05, 0) is 55.0 Å². The molecule has 7 heteroatoms. The van der Waals surface area contributed by atoms with Crippen molar-refractivity contribution in [1.29, 1.82) is 0 Å². The fraction of sp³-hybridized carbons (Fsp3) is 0.0870. The van der Waals surface area contributed by atoms with Gasteiger partial charge in [0.2, 0.25) is 5.78 Å². The topological polar surface area (TPSA) is 78.9 Å². The first-order chi connectivity index (χ1) is 14.4. The second-order valence-corrected chi connectivity index (χ2v) is 8.27. The number of hydrogen-bond donors (Lipinski definition) is 0. The maximum Gasteiger partial charge on any atom is 0.339 e. The molecule has 1 aliphatic rings. The van der Waals surface area contributed by atoms with Crippen LogP contribution in [0.3, 0.4) is 0 Å². The van der Waals surface area contributed by atoms with Gasteiger partial charge in [-0.2, -0.15) is 8.42 Å². The van der Waals surface area contributed by atoms with Crippen molar-refractivity contribution >= 4 is 22.0 Å². The Labute approximate surface area is 174 Å². The van der Waals surface area contributed by atoms with Crippen molar-refractivity contribution in [3.63, 3.8) is 0 Å². The average Bonchev–Trinajstić information content (AvgIpc) is 3.03. The molecule has 0 unspecified atom stereocenters. The minimum atomic E-state index is -4.00. The van der Waals surface area contributed by atoms with Gasteiger partial charge in [0.05, 0.1) is 12.7 Å². The van der Waals surface area contributed by atoms with Crippen LogP contribution in [-0.4, -0.2) is 21.3 Å².